The first-order valence-electron chi connectivity index (χ1n) is 4.18. The van der Waals surface area contributed by atoms with Crippen LogP contribution < -0.4 is 5.73 Å². The Morgan fingerprint density at radius 3 is 3.00 bits per heavy atom. The van der Waals surface area contributed by atoms with E-state index in [-0.39, 0.29) is 4.99 Å². The standard InChI is InChI=1S/C10H12N2OS/c1-2-7-13-9(10(11)14)8-5-3-4-6-12-8/h2-6,9H,1,7H2,(H2,11,14). The number of nitrogens with two attached hydrogens (primary N) is 1. The third-order valence-corrected chi connectivity index (χ3v) is 1.81. The first-order valence-corrected chi connectivity index (χ1v) is 4.59. The van der Waals surface area contributed by atoms with Crippen molar-refractivity contribution in [1.29, 1.82) is 0 Å². The average molecular weight is 208 g/mol. The van der Waals surface area contributed by atoms with Crippen LogP contribution in [0, 0.1) is 0 Å². The van der Waals surface area contributed by atoms with Crippen LogP contribution in [0.1, 0.15) is 11.8 Å². The quantitative estimate of drug-likeness (QED) is 0.590. The second-order valence-electron chi connectivity index (χ2n) is 2.66. The van der Waals surface area contributed by atoms with E-state index in [1.807, 2.05) is 18.2 Å². The highest BCUT2D eigenvalue weighted by atomic mass is 32.1. The Morgan fingerprint density at radius 2 is 2.50 bits per heavy atom. The molecule has 0 aromatic carbocycles. The monoisotopic (exact) mass is 208 g/mol. The highest BCUT2D eigenvalue weighted by Crippen LogP contribution is 2.14. The zero-order chi connectivity index (χ0) is 10.4. The van der Waals surface area contributed by atoms with Crippen molar-refractivity contribution in [2.75, 3.05) is 6.61 Å². The van der Waals surface area contributed by atoms with Crippen LogP contribution in [0.5, 0.6) is 0 Å². The predicted molar refractivity (Wildman–Crippen MR) is 59.9 cm³/mol. The predicted octanol–water partition coefficient (Wildman–Crippen LogP) is 1.61. The molecule has 0 radical (unpaired) electrons. The lowest BCUT2D eigenvalue weighted by molar-refractivity contribution is 0.122. The van der Waals surface area contributed by atoms with Gasteiger partial charge in [0.15, 0.2) is 0 Å². The van der Waals surface area contributed by atoms with Crippen LogP contribution in [0.15, 0.2) is 37.1 Å². The van der Waals surface area contributed by atoms with Gasteiger partial charge in [0, 0.05) is 6.20 Å². The normalized spacial score (nSPS) is 12.0. The molecule has 0 fully saturated rings. The Kier molecular flexibility index (Phi) is 4.22. The van der Waals surface area contributed by atoms with Crippen molar-refractivity contribution in [2.45, 2.75) is 6.10 Å². The first kappa shape index (κ1) is 10.8. The fourth-order valence-electron chi connectivity index (χ4n) is 1.01. The fourth-order valence-corrected chi connectivity index (χ4v) is 1.20. The Labute approximate surface area is 88.6 Å². The van der Waals surface area contributed by atoms with E-state index < -0.39 is 6.10 Å². The molecule has 3 nitrogen and oxygen atoms in total. The number of pyridine rings is 1. The van der Waals surface area contributed by atoms with Crippen LogP contribution in [-0.2, 0) is 4.74 Å². The van der Waals surface area contributed by atoms with Gasteiger partial charge in [0.1, 0.15) is 11.1 Å². The fraction of sp³-hybridized carbons (Fsp3) is 0.200. The van der Waals surface area contributed by atoms with Crippen molar-refractivity contribution in [3.63, 3.8) is 0 Å². The lowest BCUT2D eigenvalue weighted by Gasteiger charge is -2.14. The molecule has 4 heteroatoms. The number of hydrogen-bond donors (Lipinski definition) is 1. The first-order chi connectivity index (χ1) is 6.75. The van der Waals surface area contributed by atoms with Crippen molar-refractivity contribution in [3.05, 3.63) is 42.7 Å². The van der Waals surface area contributed by atoms with Gasteiger partial charge in [-0.1, -0.05) is 24.4 Å². The van der Waals surface area contributed by atoms with Crippen LogP contribution in [0.2, 0.25) is 0 Å². The molecule has 0 saturated heterocycles. The summed E-state index contributed by atoms with van der Waals surface area (Å²) in [6.07, 6.45) is 2.90. The van der Waals surface area contributed by atoms with Gasteiger partial charge >= 0.3 is 0 Å². The molecule has 0 spiro atoms. The molecule has 1 aromatic rings. The molecule has 0 aliphatic heterocycles. The Bertz CT molecular complexity index is 313. The summed E-state index contributed by atoms with van der Waals surface area (Å²) in [6.45, 7) is 3.96. The van der Waals surface area contributed by atoms with Crippen LogP contribution in [0.4, 0.5) is 0 Å². The Morgan fingerprint density at radius 1 is 1.71 bits per heavy atom. The molecule has 74 valence electrons. The van der Waals surface area contributed by atoms with Gasteiger partial charge in [-0.05, 0) is 12.1 Å². The highest BCUT2D eigenvalue weighted by molar-refractivity contribution is 7.80. The summed E-state index contributed by atoms with van der Waals surface area (Å²) in [7, 11) is 0. The largest absolute Gasteiger partial charge is 0.391 e. The van der Waals surface area contributed by atoms with Crippen LogP contribution in [-0.4, -0.2) is 16.6 Å². The Hall–Kier alpha value is -1.26. The molecule has 0 bridgehead atoms. The van der Waals surface area contributed by atoms with Gasteiger partial charge in [-0.3, -0.25) is 4.98 Å². The van der Waals surface area contributed by atoms with Gasteiger partial charge in [-0.15, -0.1) is 6.58 Å². The van der Waals surface area contributed by atoms with E-state index in [0.29, 0.717) is 6.61 Å². The van der Waals surface area contributed by atoms with Gasteiger partial charge in [0.2, 0.25) is 0 Å². The van der Waals surface area contributed by atoms with Gasteiger partial charge in [-0.2, -0.15) is 0 Å². The van der Waals surface area contributed by atoms with Gasteiger partial charge in [0.05, 0.1) is 12.3 Å². The van der Waals surface area contributed by atoms with Crippen molar-refractivity contribution in [2.24, 2.45) is 5.73 Å². The summed E-state index contributed by atoms with van der Waals surface area (Å²) in [4.78, 5) is 4.41. The van der Waals surface area contributed by atoms with E-state index >= 15 is 0 Å². The summed E-state index contributed by atoms with van der Waals surface area (Å²) in [6, 6.07) is 5.52. The third-order valence-electron chi connectivity index (χ3n) is 1.60. The number of hydrogen-bond acceptors (Lipinski definition) is 3. The minimum Gasteiger partial charge on any atom is -0.391 e. The lowest BCUT2D eigenvalue weighted by Crippen LogP contribution is -2.22. The number of thiocarbonyl (C=S) groups is 1. The van der Waals surface area contributed by atoms with Gasteiger partial charge < -0.3 is 10.5 Å². The third kappa shape index (κ3) is 2.90. The van der Waals surface area contributed by atoms with E-state index in [4.69, 9.17) is 22.7 Å². The maximum atomic E-state index is 5.54. The molecule has 0 amide bonds. The molecule has 1 unspecified atom stereocenters. The molecule has 14 heavy (non-hydrogen) atoms. The maximum Gasteiger partial charge on any atom is 0.149 e. The molecule has 2 N–H and O–H groups in total. The van der Waals surface area contributed by atoms with Crippen molar-refractivity contribution >= 4 is 17.2 Å². The highest BCUT2D eigenvalue weighted by Gasteiger charge is 2.15. The average Bonchev–Trinajstić information content (AvgIpc) is 2.19. The lowest BCUT2D eigenvalue weighted by atomic mass is 10.2. The zero-order valence-electron chi connectivity index (χ0n) is 7.72. The summed E-state index contributed by atoms with van der Waals surface area (Å²) in [5.74, 6) is 0. The van der Waals surface area contributed by atoms with Crippen molar-refractivity contribution < 1.29 is 4.74 Å². The molecule has 0 saturated carbocycles. The van der Waals surface area contributed by atoms with E-state index in [1.54, 1.807) is 12.3 Å². The minimum atomic E-state index is -0.427. The van der Waals surface area contributed by atoms with Crippen molar-refractivity contribution in [3.8, 4) is 0 Å². The van der Waals surface area contributed by atoms with E-state index in [1.165, 1.54) is 0 Å². The van der Waals surface area contributed by atoms with Crippen LogP contribution in [0.3, 0.4) is 0 Å². The van der Waals surface area contributed by atoms with E-state index in [2.05, 4.69) is 11.6 Å². The summed E-state index contributed by atoms with van der Waals surface area (Å²) in [5, 5.41) is 0. The second-order valence-corrected chi connectivity index (χ2v) is 3.13. The molecule has 0 aliphatic carbocycles. The minimum absolute atomic E-state index is 0.283. The Balaban J connectivity index is 2.78. The van der Waals surface area contributed by atoms with Gasteiger partial charge in [0.25, 0.3) is 0 Å². The second kappa shape index (κ2) is 5.47. The SMILES string of the molecule is C=CCOC(C(N)=S)c1ccccn1. The molecule has 1 heterocycles. The molecule has 1 aromatic heterocycles. The summed E-state index contributed by atoms with van der Waals surface area (Å²) < 4.78 is 5.39. The molecule has 1 rings (SSSR count). The topological polar surface area (TPSA) is 48.1 Å². The van der Waals surface area contributed by atoms with Crippen LogP contribution >= 0.6 is 12.2 Å². The maximum absolute atomic E-state index is 5.54. The van der Waals surface area contributed by atoms with E-state index in [9.17, 15) is 0 Å². The number of aromatic nitrogens is 1. The zero-order valence-corrected chi connectivity index (χ0v) is 8.54. The smallest absolute Gasteiger partial charge is 0.149 e. The van der Waals surface area contributed by atoms with Crippen LogP contribution in [0.25, 0.3) is 0 Å². The molecule has 0 aliphatic rings. The van der Waals surface area contributed by atoms with Gasteiger partial charge in [-0.25, -0.2) is 0 Å². The molecule has 1 atom stereocenters. The number of ether oxygens (including phenoxy) is 1. The summed E-state index contributed by atoms with van der Waals surface area (Å²) in [5.41, 5.74) is 6.27. The summed E-state index contributed by atoms with van der Waals surface area (Å²) >= 11 is 4.89. The van der Waals surface area contributed by atoms with E-state index in [0.717, 1.165) is 5.69 Å². The number of nitrogens with zero attached hydrogens (tertiary/aromatic N) is 1. The number of rotatable bonds is 5. The van der Waals surface area contributed by atoms with Crippen molar-refractivity contribution in [1.82, 2.24) is 4.98 Å². The molecular weight excluding hydrogens is 196 g/mol. The molecular formula is C10H12N2OS.